The molecule has 0 saturated carbocycles. The van der Waals surface area contributed by atoms with Crippen LogP contribution >= 0.6 is 15.9 Å². The van der Waals surface area contributed by atoms with E-state index in [0.29, 0.717) is 30.1 Å². The highest BCUT2D eigenvalue weighted by Crippen LogP contribution is 2.30. The van der Waals surface area contributed by atoms with Crippen molar-refractivity contribution in [2.45, 2.75) is 51.7 Å². The van der Waals surface area contributed by atoms with Crippen LogP contribution in [0.3, 0.4) is 0 Å². The molecule has 2 heterocycles. The minimum absolute atomic E-state index is 0.126. The molecule has 1 amide bonds. The van der Waals surface area contributed by atoms with Gasteiger partial charge in [0.1, 0.15) is 11.4 Å². The molecule has 0 bridgehead atoms. The quantitative estimate of drug-likeness (QED) is 0.481. The van der Waals surface area contributed by atoms with Crippen molar-refractivity contribution in [3.05, 3.63) is 34.3 Å². The normalized spacial score (nSPS) is 16.8. The lowest BCUT2D eigenvalue weighted by atomic mass is 10.1. The molecule has 1 saturated heterocycles. The highest BCUT2D eigenvalue weighted by Gasteiger charge is 2.27. The van der Waals surface area contributed by atoms with Gasteiger partial charge in [0.15, 0.2) is 0 Å². The third-order valence-corrected chi connectivity index (χ3v) is 5.37. The van der Waals surface area contributed by atoms with E-state index < -0.39 is 11.5 Å². The van der Waals surface area contributed by atoms with E-state index in [-0.39, 0.29) is 18.4 Å². The van der Waals surface area contributed by atoms with E-state index in [1.165, 1.54) is 0 Å². The molecule has 1 aliphatic heterocycles. The molecule has 2 aromatic rings. The van der Waals surface area contributed by atoms with E-state index in [2.05, 4.69) is 20.8 Å². The number of nitrogens with two attached hydrogens (primary N) is 1. The number of primary amides is 1. The SMILES string of the molecule is CC(C)(C)OC(=O)CCOC[C@@H]1CCCN1c1cc(C(N)=O)c2ccc(Br)cc2n1. The Morgan fingerprint density at radius 2 is 2.07 bits per heavy atom. The van der Waals surface area contributed by atoms with Crippen LogP contribution in [0.15, 0.2) is 28.7 Å². The third-order valence-electron chi connectivity index (χ3n) is 4.88. The minimum atomic E-state index is -0.492. The second-order valence-electron chi connectivity index (χ2n) is 8.45. The van der Waals surface area contributed by atoms with Gasteiger partial charge in [-0.05, 0) is 51.8 Å². The lowest BCUT2D eigenvalue weighted by Crippen LogP contribution is -2.34. The van der Waals surface area contributed by atoms with Gasteiger partial charge < -0.3 is 20.1 Å². The van der Waals surface area contributed by atoms with E-state index in [4.69, 9.17) is 20.2 Å². The predicted molar refractivity (Wildman–Crippen MR) is 120 cm³/mol. The van der Waals surface area contributed by atoms with E-state index in [1.54, 1.807) is 6.07 Å². The van der Waals surface area contributed by atoms with Crippen LogP contribution in [0.1, 0.15) is 50.4 Å². The van der Waals surface area contributed by atoms with Crippen molar-refractivity contribution in [1.82, 2.24) is 4.98 Å². The molecule has 30 heavy (non-hydrogen) atoms. The number of hydrogen-bond donors (Lipinski definition) is 1. The molecule has 0 radical (unpaired) electrons. The molecule has 1 aromatic carbocycles. The lowest BCUT2D eigenvalue weighted by Gasteiger charge is -2.26. The number of anilines is 1. The summed E-state index contributed by atoms with van der Waals surface area (Å²) in [5.41, 5.74) is 6.31. The Balaban J connectivity index is 1.68. The van der Waals surface area contributed by atoms with E-state index in [9.17, 15) is 9.59 Å². The Morgan fingerprint density at radius 1 is 1.30 bits per heavy atom. The molecule has 162 valence electrons. The first-order valence-electron chi connectivity index (χ1n) is 10.1. The monoisotopic (exact) mass is 477 g/mol. The van der Waals surface area contributed by atoms with Crippen molar-refractivity contribution >= 4 is 44.5 Å². The van der Waals surface area contributed by atoms with Crippen LogP contribution in [0, 0.1) is 0 Å². The number of esters is 1. The number of fused-ring (bicyclic) bond motifs is 1. The minimum Gasteiger partial charge on any atom is -0.460 e. The van der Waals surface area contributed by atoms with Crippen molar-refractivity contribution in [2.75, 3.05) is 24.7 Å². The summed E-state index contributed by atoms with van der Waals surface area (Å²) in [5.74, 6) is -0.0263. The van der Waals surface area contributed by atoms with Crippen LogP contribution in [0.4, 0.5) is 5.82 Å². The summed E-state index contributed by atoms with van der Waals surface area (Å²) >= 11 is 3.46. The molecule has 3 rings (SSSR count). The zero-order valence-corrected chi connectivity index (χ0v) is 19.2. The summed E-state index contributed by atoms with van der Waals surface area (Å²) in [6.07, 6.45) is 2.18. The van der Waals surface area contributed by atoms with Gasteiger partial charge in [-0.1, -0.05) is 22.0 Å². The molecular formula is C22H28BrN3O4. The number of nitrogens with zero attached hydrogens (tertiary/aromatic N) is 2. The highest BCUT2D eigenvalue weighted by molar-refractivity contribution is 9.10. The molecule has 1 atom stereocenters. The van der Waals surface area contributed by atoms with Gasteiger partial charge in [-0.3, -0.25) is 9.59 Å². The van der Waals surface area contributed by atoms with Crippen molar-refractivity contribution < 1.29 is 19.1 Å². The fraction of sp³-hybridized carbons (Fsp3) is 0.500. The van der Waals surface area contributed by atoms with Crippen molar-refractivity contribution in [3.63, 3.8) is 0 Å². The standard InChI is InChI=1S/C22H28BrN3O4/c1-22(2,3)30-20(27)8-10-29-13-15-5-4-9-26(15)19-12-17(21(24)28)16-7-6-14(23)11-18(16)25-19/h6-7,11-12,15H,4-5,8-10,13H2,1-3H3,(H2,24,28)/t15-/m0/s1. The Labute approximate surface area is 185 Å². The van der Waals surface area contributed by atoms with Crippen LogP contribution < -0.4 is 10.6 Å². The summed E-state index contributed by atoms with van der Waals surface area (Å²) in [6.45, 7) is 7.15. The summed E-state index contributed by atoms with van der Waals surface area (Å²) < 4.78 is 12.0. The first-order chi connectivity index (χ1) is 14.1. The zero-order chi connectivity index (χ0) is 21.9. The average molecular weight is 478 g/mol. The number of aromatic nitrogens is 1. The maximum Gasteiger partial charge on any atom is 0.308 e. The molecular weight excluding hydrogens is 450 g/mol. The van der Waals surface area contributed by atoms with Gasteiger partial charge in [-0.15, -0.1) is 0 Å². The fourth-order valence-electron chi connectivity index (χ4n) is 3.62. The van der Waals surface area contributed by atoms with Crippen LogP contribution in [-0.4, -0.2) is 48.3 Å². The van der Waals surface area contributed by atoms with Gasteiger partial charge in [-0.25, -0.2) is 4.98 Å². The lowest BCUT2D eigenvalue weighted by molar-refractivity contribution is -0.156. The number of benzene rings is 1. The Hall–Kier alpha value is -2.19. The van der Waals surface area contributed by atoms with Gasteiger partial charge in [-0.2, -0.15) is 0 Å². The molecule has 8 heteroatoms. The smallest absolute Gasteiger partial charge is 0.308 e. The molecule has 1 aliphatic rings. The number of halogens is 1. The Kier molecular flexibility index (Phi) is 6.98. The van der Waals surface area contributed by atoms with Crippen molar-refractivity contribution in [2.24, 2.45) is 5.73 Å². The summed E-state index contributed by atoms with van der Waals surface area (Å²) in [7, 11) is 0. The summed E-state index contributed by atoms with van der Waals surface area (Å²) in [5, 5.41) is 0.735. The van der Waals surface area contributed by atoms with Gasteiger partial charge in [0.2, 0.25) is 5.91 Å². The van der Waals surface area contributed by atoms with Crippen LogP contribution in [0.25, 0.3) is 10.9 Å². The molecule has 0 aliphatic carbocycles. The number of amides is 1. The van der Waals surface area contributed by atoms with Crippen molar-refractivity contribution in [3.8, 4) is 0 Å². The summed E-state index contributed by atoms with van der Waals surface area (Å²) in [6, 6.07) is 7.48. The summed E-state index contributed by atoms with van der Waals surface area (Å²) in [4.78, 5) is 30.8. The predicted octanol–water partition coefficient (Wildman–Crippen LogP) is 3.81. The highest BCUT2D eigenvalue weighted by atomic mass is 79.9. The number of rotatable bonds is 7. The van der Waals surface area contributed by atoms with Crippen LogP contribution in [-0.2, 0) is 14.3 Å². The number of carbonyl (C=O) groups excluding carboxylic acids is 2. The van der Waals surface area contributed by atoms with Gasteiger partial charge in [0.25, 0.3) is 0 Å². The molecule has 7 nitrogen and oxygen atoms in total. The Bertz CT molecular complexity index is 942. The zero-order valence-electron chi connectivity index (χ0n) is 17.6. The van der Waals surface area contributed by atoms with Crippen molar-refractivity contribution in [1.29, 1.82) is 0 Å². The molecule has 0 spiro atoms. The number of pyridine rings is 1. The first-order valence-corrected chi connectivity index (χ1v) is 10.9. The molecule has 1 aromatic heterocycles. The maximum atomic E-state index is 12.0. The fourth-order valence-corrected chi connectivity index (χ4v) is 3.97. The van der Waals surface area contributed by atoms with Gasteiger partial charge in [0.05, 0.1) is 36.8 Å². The molecule has 2 N–H and O–H groups in total. The largest absolute Gasteiger partial charge is 0.460 e. The third kappa shape index (κ3) is 5.70. The van der Waals surface area contributed by atoms with Crippen LogP contribution in [0.5, 0.6) is 0 Å². The van der Waals surface area contributed by atoms with E-state index in [1.807, 2.05) is 39.0 Å². The average Bonchev–Trinajstić information content (AvgIpc) is 3.11. The van der Waals surface area contributed by atoms with Gasteiger partial charge in [0, 0.05) is 16.4 Å². The Morgan fingerprint density at radius 3 is 2.77 bits per heavy atom. The van der Waals surface area contributed by atoms with Crippen LogP contribution in [0.2, 0.25) is 0 Å². The number of ether oxygens (including phenoxy) is 2. The number of hydrogen-bond acceptors (Lipinski definition) is 6. The molecule has 0 unspecified atom stereocenters. The maximum absolute atomic E-state index is 12.0. The second-order valence-corrected chi connectivity index (χ2v) is 9.37. The number of carbonyl (C=O) groups is 2. The second kappa shape index (κ2) is 9.31. The van der Waals surface area contributed by atoms with E-state index in [0.717, 1.165) is 29.2 Å². The van der Waals surface area contributed by atoms with Gasteiger partial charge >= 0.3 is 5.97 Å². The van der Waals surface area contributed by atoms with E-state index >= 15 is 0 Å². The topological polar surface area (TPSA) is 94.8 Å². The molecule has 1 fully saturated rings. The first kappa shape index (κ1) is 22.5.